The van der Waals surface area contributed by atoms with Crippen LogP contribution in [0.3, 0.4) is 0 Å². The van der Waals surface area contributed by atoms with Crippen LogP contribution in [0.4, 0.5) is 4.79 Å². The number of carboxylic acid groups (broad SMARTS) is 1. The molecular weight excluding hydrogens is 556 g/mol. The number of nitrogens with zero attached hydrogens (tertiary/aromatic N) is 1. The minimum atomic E-state index is -1.25. The molecule has 0 saturated carbocycles. The Morgan fingerprint density at radius 2 is 1.95 bits per heavy atom. The maximum absolute atomic E-state index is 12.9. The average molecular weight is 587 g/mol. The zero-order valence-electron chi connectivity index (χ0n) is 22.0. The van der Waals surface area contributed by atoms with E-state index >= 15 is 0 Å². The number of para-hydroxylation sites is 1. The minimum Gasteiger partial charge on any atom is -0.480 e. The summed E-state index contributed by atoms with van der Waals surface area (Å²) in [5.74, 6) is -1.12. The predicted octanol–water partition coefficient (Wildman–Crippen LogP) is 0.372. The Balaban J connectivity index is 1.38. The van der Waals surface area contributed by atoms with Gasteiger partial charge in [-0.1, -0.05) is 18.2 Å². The molecule has 1 saturated heterocycles. The molecule has 1 aliphatic heterocycles. The topological polar surface area (TPSA) is 208 Å². The van der Waals surface area contributed by atoms with Gasteiger partial charge in [0, 0.05) is 48.4 Å². The van der Waals surface area contributed by atoms with Gasteiger partial charge in [-0.15, -0.1) is 0 Å². The standard InChI is InChI=1S/C26H30N6O8S/c1-41-9-7-18(22(35)28-13-15-11-20(33)23(40-15)32-8-6-21(34)31-26(32)39)29-25(38)30-19(24(36)37)10-14-12-27-17-5-3-2-4-16(14)17/h2-6,8,12-13,18-20,23,27,33H,7,9-11H2,1H3,(H,28,35)(H,36,37)(H2,29,30,38)(H,31,34,39)/b15-13-/t18-,19-,20+,23+/m0/s1. The number of benzene rings is 1. The van der Waals surface area contributed by atoms with Crippen molar-refractivity contribution in [3.05, 3.63) is 81.1 Å². The molecule has 15 heteroatoms. The second-order valence-electron chi connectivity index (χ2n) is 9.32. The van der Waals surface area contributed by atoms with Crippen molar-refractivity contribution in [1.29, 1.82) is 0 Å². The summed E-state index contributed by atoms with van der Waals surface area (Å²) in [6.07, 6.45) is 3.99. The molecule has 3 amide bonds. The number of rotatable bonds is 11. The van der Waals surface area contributed by atoms with Gasteiger partial charge in [0.15, 0.2) is 0 Å². The van der Waals surface area contributed by atoms with Gasteiger partial charge >= 0.3 is 17.7 Å². The van der Waals surface area contributed by atoms with Crippen LogP contribution in [0.25, 0.3) is 10.9 Å². The highest BCUT2D eigenvalue weighted by molar-refractivity contribution is 7.98. The number of nitrogens with one attached hydrogen (secondary N) is 5. The van der Waals surface area contributed by atoms with Gasteiger partial charge in [-0.3, -0.25) is 19.1 Å². The summed E-state index contributed by atoms with van der Waals surface area (Å²) in [6, 6.07) is 5.44. The SMILES string of the molecule is CSCC[C@H](NC(=O)N[C@@H](Cc1c[nH]c2ccccc12)C(=O)O)C(=O)N/C=C1/C[C@@H](O)[C@H](n2ccc(=O)[nH]c2=O)O1. The number of aliphatic hydroxyl groups is 1. The second-order valence-corrected chi connectivity index (χ2v) is 10.3. The van der Waals surface area contributed by atoms with Crippen LogP contribution in [0.2, 0.25) is 0 Å². The summed E-state index contributed by atoms with van der Waals surface area (Å²) in [6.45, 7) is 0. The van der Waals surface area contributed by atoms with Gasteiger partial charge in [0.1, 0.15) is 23.9 Å². The minimum absolute atomic E-state index is 0.0198. The number of hydrogen-bond donors (Lipinski definition) is 7. The molecule has 41 heavy (non-hydrogen) atoms. The van der Waals surface area contributed by atoms with Crippen molar-refractivity contribution < 1.29 is 29.3 Å². The number of thioether (sulfide) groups is 1. The molecule has 2 aromatic heterocycles. The number of aliphatic carboxylic acids is 1. The van der Waals surface area contributed by atoms with E-state index in [1.54, 1.807) is 6.20 Å². The van der Waals surface area contributed by atoms with E-state index in [-0.39, 0.29) is 25.0 Å². The van der Waals surface area contributed by atoms with Crippen LogP contribution in [0, 0.1) is 0 Å². The normalized spacial score (nSPS) is 18.9. The molecule has 7 N–H and O–H groups in total. The lowest BCUT2D eigenvalue weighted by molar-refractivity contribution is -0.139. The highest BCUT2D eigenvalue weighted by Gasteiger charge is 2.33. The third kappa shape index (κ3) is 7.37. The fraction of sp³-hybridized carbons (Fsp3) is 0.346. The maximum Gasteiger partial charge on any atom is 0.331 e. The van der Waals surface area contributed by atoms with Gasteiger partial charge in [0.05, 0.1) is 0 Å². The molecule has 4 atom stereocenters. The van der Waals surface area contributed by atoms with Gasteiger partial charge < -0.3 is 35.9 Å². The Morgan fingerprint density at radius 3 is 2.68 bits per heavy atom. The third-order valence-corrected chi connectivity index (χ3v) is 7.09. The summed E-state index contributed by atoms with van der Waals surface area (Å²) in [4.78, 5) is 66.1. The summed E-state index contributed by atoms with van der Waals surface area (Å²) in [7, 11) is 0. The van der Waals surface area contributed by atoms with Gasteiger partial charge in [-0.05, 0) is 30.1 Å². The Morgan fingerprint density at radius 1 is 1.20 bits per heavy atom. The van der Waals surface area contributed by atoms with Crippen molar-refractivity contribution in [2.75, 3.05) is 12.0 Å². The summed E-state index contributed by atoms with van der Waals surface area (Å²) in [5.41, 5.74) is 0.207. The highest BCUT2D eigenvalue weighted by Crippen LogP contribution is 2.29. The van der Waals surface area contributed by atoms with E-state index in [9.17, 15) is 34.2 Å². The fourth-order valence-electron chi connectivity index (χ4n) is 4.39. The number of amides is 3. The van der Waals surface area contributed by atoms with Crippen molar-refractivity contribution in [3.8, 4) is 0 Å². The number of ether oxygens (including phenoxy) is 1. The number of carbonyl (C=O) groups excluding carboxylic acids is 2. The van der Waals surface area contributed by atoms with Gasteiger partial charge in [-0.2, -0.15) is 11.8 Å². The Bertz CT molecular complexity index is 1560. The van der Waals surface area contributed by atoms with E-state index in [1.807, 2.05) is 30.5 Å². The van der Waals surface area contributed by atoms with Crippen molar-refractivity contribution >= 4 is 40.6 Å². The molecular formula is C26H30N6O8S. The van der Waals surface area contributed by atoms with Crippen molar-refractivity contribution in [1.82, 2.24) is 30.5 Å². The molecule has 1 fully saturated rings. The van der Waals surface area contributed by atoms with Crippen molar-refractivity contribution in [2.45, 2.75) is 43.7 Å². The Labute approximate surface area is 237 Å². The molecule has 0 spiro atoms. The lowest BCUT2D eigenvalue weighted by atomic mass is 10.1. The molecule has 0 bridgehead atoms. The Kier molecular flexibility index (Phi) is 9.52. The van der Waals surface area contributed by atoms with Crippen LogP contribution in [0.15, 0.2) is 64.3 Å². The molecule has 218 valence electrons. The van der Waals surface area contributed by atoms with E-state index in [4.69, 9.17) is 4.74 Å². The molecule has 1 aromatic carbocycles. The van der Waals surface area contributed by atoms with Crippen LogP contribution in [-0.4, -0.2) is 72.9 Å². The third-order valence-electron chi connectivity index (χ3n) is 6.45. The van der Waals surface area contributed by atoms with Gasteiger partial charge in [0.25, 0.3) is 5.56 Å². The van der Waals surface area contributed by atoms with Gasteiger partial charge in [0.2, 0.25) is 12.1 Å². The van der Waals surface area contributed by atoms with Gasteiger partial charge in [-0.25, -0.2) is 14.4 Å². The highest BCUT2D eigenvalue weighted by atomic mass is 32.2. The van der Waals surface area contributed by atoms with Crippen LogP contribution >= 0.6 is 11.8 Å². The number of urea groups is 1. The van der Waals surface area contributed by atoms with Crippen molar-refractivity contribution in [3.63, 3.8) is 0 Å². The first-order valence-corrected chi connectivity index (χ1v) is 14.0. The van der Waals surface area contributed by atoms with Crippen molar-refractivity contribution in [2.24, 2.45) is 0 Å². The Hall–Kier alpha value is -4.50. The number of aliphatic hydroxyl groups excluding tert-OH is 1. The summed E-state index contributed by atoms with van der Waals surface area (Å²) >= 11 is 1.46. The second kappa shape index (κ2) is 13.2. The molecule has 4 rings (SSSR count). The lowest BCUT2D eigenvalue weighted by Crippen LogP contribution is -2.53. The first-order valence-electron chi connectivity index (χ1n) is 12.7. The van der Waals surface area contributed by atoms with E-state index in [2.05, 4.69) is 25.9 Å². The number of hydrogen-bond acceptors (Lipinski definition) is 8. The molecule has 3 heterocycles. The summed E-state index contributed by atoms with van der Waals surface area (Å²) in [5, 5.41) is 28.4. The first kappa shape index (κ1) is 29.5. The van der Waals surface area contributed by atoms with Crippen LogP contribution in [-0.2, 0) is 20.7 Å². The van der Waals surface area contributed by atoms with Crippen LogP contribution < -0.4 is 27.2 Å². The molecule has 0 unspecified atom stereocenters. The fourth-order valence-corrected chi connectivity index (χ4v) is 4.86. The molecule has 3 aromatic rings. The van der Waals surface area contributed by atoms with E-state index in [0.717, 1.165) is 27.1 Å². The number of aromatic nitrogens is 3. The molecule has 0 radical (unpaired) electrons. The lowest BCUT2D eigenvalue weighted by Gasteiger charge is -2.20. The number of fused-ring (bicyclic) bond motifs is 1. The van der Waals surface area contributed by atoms with E-state index in [1.165, 1.54) is 24.2 Å². The predicted molar refractivity (Wildman–Crippen MR) is 150 cm³/mol. The van der Waals surface area contributed by atoms with E-state index in [0.29, 0.717) is 5.75 Å². The van der Waals surface area contributed by atoms with E-state index < -0.39 is 53.6 Å². The first-order chi connectivity index (χ1) is 19.7. The smallest absolute Gasteiger partial charge is 0.331 e. The monoisotopic (exact) mass is 586 g/mol. The number of carboxylic acids is 1. The largest absolute Gasteiger partial charge is 0.480 e. The summed E-state index contributed by atoms with van der Waals surface area (Å²) < 4.78 is 6.62. The van der Waals surface area contributed by atoms with Crippen LogP contribution in [0.5, 0.6) is 0 Å². The zero-order chi connectivity index (χ0) is 29.5. The number of H-pyrrole nitrogens is 2. The molecule has 1 aliphatic rings. The number of carbonyl (C=O) groups is 3. The zero-order valence-corrected chi connectivity index (χ0v) is 22.8. The molecule has 14 nitrogen and oxygen atoms in total. The quantitative estimate of drug-likeness (QED) is 0.165. The maximum atomic E-state index is 12.9. The molecule has 0 aliphatic carbocycles. The average Bonchev–Trinajstić information content (AvgIpc) is 3.52. The number of aromatic amines is 2. The van der Waals surface area contributed by atoms with Crippen LogP contribution in [0.1, 0.15) is 24.6 Å².